The van der Waals surface area contributed by atoms with Gasteiger partial charge < -0.3 is 5.32 Å². The number of nitrogens with zero attached hydrogens (tertiary/aromatic N) is 1. The first kappa shape index (κ1) is 11.7. The first-order valence-corrected chi connectivity index (χ1v) is 5.77. The van der Waals surface area contributed by atoms with E-state index in [1.807, 2.05) is 19.3 Å². The van der Waals surface area contributed by atoms with Crippen LogP contribution in [0.25, 0.3) is 0 Å². The number of aromatic nitrogens is 1. The van der Waals surface area contributed by atoms with Crippen molar-refractivity contribution in [2.24, 2.45) is 0 Å². The zero-order chi connectivity index (χ0) is 10.6. The van der Waals surface area contributed by atoms with Gasteiger partial charge in [-0.2, -0.15) is 0 Å². The summed E-state index contributed by atoms with van der Waals surface area (Å²) in [6, 6.07) is 4.60. The summed E-state index contributed by atoms with van der Waals surface area (Å²) in [5.74, 6) is 0.494. The monoisotopic (exact) mass is 256 g/mol. The van der Waals surface area contributed by atoms with Crippen LogP contribution in [0.3, 0.4) is 0 Å². The van der Waals surface area contributed by atoms with Gasteiger partial charge in [-0.1, -0.05) is 6.92 Å². The van der Waals surface area contributed by atoms with Crippen molar-refractivity contribution in [3.8, 4) is 0 Å². The first-order valence-electron chi connectivity index (χ1n) is 4.97. The van der Waals surface area contributed by atoms with Gasteiger partial charge in [-0.05, 0) is 48.5 Å². The fraction of sp³-hybridized carbons (Fsp3) is 0.545. The smallest absolute Gasteiger partial charge is 0.0450 e. The lowest BCUT2D eigenvalue weighted by molar-refractivity contribution is 0.474. The van der Waals surface area contributed by atoms with Crippen molar-refractivity contribution in [1.29, 1.82) is 0 Å². The van der Waals surface area contributed by atoms with Gasteiger partial charge in [0.05, 0.1) is 0 Å². The van der Waals surface area contributed by atoms with Gasteiger partial charge in [0.1, 0.15) is 0 Å². The molecule has 0 aliphatic rings. The van der Waals surface area contributed by atoms with Crippen molar-refractivity contribution in [2.45, 2.75) is 32.2 Å². The molecule has 3 heteroatoms. The third kappa shape index (κ3) is 2.79. The summed E-state index contributed by atoms with van der Waals surface area (Å²) in [5.41, 5.74) is 1.16. The lowest BCUT2D eigenvalue weighted by atomic mass is 9.94. The third-order valence-electron chi connectivity index (χ3n) is 2.63. The van der Waals surface area contributed by atoms with Crippen LogP contribution in [0.1, 0.15) is 31.9 Å². The third-order valence-corrected chi connectivity index (χ3v) is 3.10. The Labute approximate surface area is 94.3 Å². The second-order valence-corrected chi connectivity index (χ2v) is 4.41. The van der Waals surface area contributed by atoms with E-state index in [4.69, 9.17) is 0 Å². The Morgan fingerprint density at radius 2 is 2.21 bits per heavy atom. The Morgan fingerprint density at radius 1 is 1.50 bits per heavy atom. The largest absolute Gasteiger partial charge is 0.317 e. The standard InChI is InChI=1S/C11H17BrN2/c1-4-10(8(2)13-3)11-6-5-9(12)7-14-11/h5-8,10,13H,4H2,1-3H3. The second kappa shape index (κ2) is 5.47. The summed E-state index contributed by atoms with van der Waals surface area (Å²) in [4.78, 5) is 4.43. The van der Waals surface area contributed by atoms with Gasteiger partial charge in [0.25, 0.3) is 0 Å². The molecule has 1 aromatic rings. The van der Waals surface area contributed by atoms with Crippen LogP contribution in [-0.4, -0.2) is 18.1 Å². The number of likely N-dealkylation sites (N-methyl/N-ethyl adjacent to an activating group) is 1. The Balaban J connectivity index is 2.84. The van der Waals surface area contributed by atoms with Gasteiger partial charge in [-0.3, -0.25) is 4.98 Å². The van der Waals surface area contributed by atoms with Gasteiger partial charge in [-0.25, -0.2) is 0 Å². The van der Waals surface area contributed by atoms with Crippen LogP contribution >= 0.6 is 15.9 Å². The Hall–Kier alpha value is -0.410. The summed E-state index contributed by atoms with van der Waals surface area (Å²) < 4.78 is 1.04. The maximum atomic E-state index is 4.43. The van der Waals surface area contributed by atoms with E-state index in [1.54, 1.807) is 0 Å². The minimum absolute atomic E-state index is 0.466. The van der Waals surface area contributed by atoms with Crippen molar-refractivity contribution in [2.75, 3.05) is 7.05 Å². The van der Waals surface area contributed by atoms with Gasteiger partial charge >= 0.3 is 0 Å². The average Bonchev–Trinajstić information content (AvgIpc) is 2.21. The quantitative estimate of drug-likeness (QED) is 0.897. The second-order valence-electron chi connectivity index (χ2n) is 3.49. The van der Waals surface area contributed by atoms with E-state index in [-0.39, 0.29) is 0 Å². The molecule has 0 fully saturated rings. The molecule has 2 atom stereocenters. The highest BCUT2D eigenvalue weighted by atomic mass is 79.9. The van der Waals surface area contributed by atoms with Gasteiger partial charge in [0.15, 0.2) is 0 Å². The summed E-state index contributed by atoms with van der Waals surface area (Å²) >= 11 is 3.39. The Bertz CT molecular complexity index is 271. The highest BCUT2D eigenvalue weighted by Crippen LogP contribution is 2.22. The predicted molar refractivity (Wildman–Crippen MR) is 63.5 cm³/mol. The molecule has 0 radical (unpaired) electrons. The average molecular weight is 257 g/mol. The highest BCUT2D eigenvalue weighted by Gasteiger charge is 2.16. The predicted octanol–water partition coefficient (Wildman–Crippen LogP) is 2.95. The lowest BCUT2D eigenvalue weighted by Crippen LogP contribution is -2.29. The molecule has 78 valence electrons. The van der Waals surface area contributed by atoms with Crippen LogP contribution < -0.4 is 5.32 Å². The van der Waals surface area contributed by atoms with E-state index in [0.717, 1.165) is 16.6 Å². The van der Waals surface area contributed by atoms with Crippen LogP contribution in [0.5, 0.6) is 0 Å². The molecule has 1 aromatic heterocycles. The van der Waals surface area contributed by atoms with E-state index in [0.29, 0.717) is 12.0 Å². The molecule has 0 bridgehead atoms. The van der Waals surface area contributed by atoms with Crippen LogP contribution in [0.4, 0.5) is 0 Å². The maximum Gasteiger partial charge on any atom is 0.0450 e. The number of halogens is 1. The summed E-state index contributed by atoms with van der Waals surface area (Å²) in [7, 11) is 1.99. The fourth-order valence-electron chi connectivity index (χ4n) is 1.63. The van der Waals surface area contributed by atoms with E-state index < -0.39 is 0 Å². The molecular formula is C11H17BrN2. The molecule has 2 nitrogen and oxygen atoms in total. The molecule has 2 unspecified atom stereocenters. The molecule has 0 aromatic carbocycles. The number of hydrogen-bond donors (Lipinski definition) is 1. The first-order chi connectivity index (χ1) is 6.69. The molecule has 0 saturated heterocycles. The van der Waals surface area contributed by atoms with E-state index in [1.165, 1.54) is 0 Å². The van der Waals surface area contributed by atoms with Crippen molar-refractivity contribution >= 4 is 15.9 Å². The molecular weight excluding hydrogens is 240 g/mol. The number of nitrogens with one attached hydrogen (secondary N) is 1. The van der Waals surface area contributed by atoms with Crippen LogP contribution in [0.2, 0.25) is 0 Å². The minimum atomic E-state index is 0.466. The minimum Gasteiger partial charge on any atom is -0.317 e. The van der Waals surface area contributed by atoms with E-state index in [2.05, 4.69) is 46.1 Å². The molecule has 14 heavy (non-hydrogen) atoms. The lowest BCUT2D eigenvalue weighted by Gasteiger charge is -2.21. The summed E-state index contributed by atoms with van der Waals surface area (Å²) in [6.45, 7) is 4.39. The van der Waals surface area contributed by atoms with Crippen LogP contribution in [0, 0.1) is 0 Å². The van der Waals surface area contributed by atoms with Gasteiger partial charge in [-0.15, -0.1) is 0 Å². The Morgan fingerprint density at radius 3 is 2.64 bits per heavy atom. The molecule has 0 saturated carbocycles. The zero-order valence-corrected chi connectivity index (χ0v) is 10.5. The molecule has 1 N–H and O–H groups in total. The fourth-order valence-corrected chi connectivity index (χ4v) is 1.86. The van der Waals surface area contributed by atoms with Crippen molar-refractivity contribution < 1.29 is 0 Å². The van der Waals surface area contributed by atoms with Crippen LogP contribution in [0.15, 0.2) is 22.8 Å². The molecule has 1 heterocycles. The molecule has 0 spiro atoms. The van der Waals surface area contributed by atoms with Crippen molar-refractivity contribution in [3.63, 3.8) is 0 Å². The highest BCUT2D eigenvalue weighted by molar-refractivity contribution is 9.10. The Kier molecular flexibility index (Phi) is 4.55. The molecule has 0 amide bonds. The zero-order valence-electron chi connectivity index (χ0n) is 8.92. The molecule has 0 aliphatic carbocycles. The topological polar surface area (TPSA) is 24.9 Å². The van der Waals surface area contributed by atoms with Crippen molar-refractivity contribution in [3.05, 3.63) is 28.5 Å². The SMILES string of the molecule is CCC(c1ccc(Br)cn1)C(C)NC. The number of pyridine rings is 1. The number of hydrogen-bond acceptors (Lipinski definition) is 2. The van der Waals surface area contributed by atoms with E-state index in [9.17, 15) is 0 Å². The van der Waals surface area contributed by atoms with Crippen molar-refractivity contribution in [1.82, 2.24) is 10.3 Å². The van der Waals surface area contributed by atoms with Gasteiger partial charge in [0, 0.05) is 28.3 Å². The maximum absolute atomic E-state index is 4.43. The van der Waals surface area contributed by atoms with Gasteiger partial charge in [0.2, 0.25) is 0 Å². The molecule has 0 aliphatic heterocycles. The number of rotatable bonds is 4. The van der Waals surface area contributed by atoms with E-state index >= 15 is 0 Å². The van der Waals surface area contributed by atoms with Crippen LogP contribution in [-0.2, 0) is 0 Å². The summed E-state index contributed by atoms with van der Waals surface area (Å²) in [6.07, 6.45) is 2.97. The molecule has 1 rings (SSSR count). The normalized spacial score (nSPS) is 15.1. The summed E-state index contributed by atoms with van der Waals surface area (Å²) in [5, 5.41) is 3.28.